The standard InChI is InChI=1S/C15H9BrN2O7/c16-9-3-1-7(2-4-9)14-15(25-14)12(19)8-5-10(17(21)22)13(20)11(6-8)18(23)24/h1-6,14-15,20H. The Hall–Kier alpha value is -2.85. The number of nitrogens with zero attached hydrogens (tertiary/aromatic N) is 2. The Morgan fingerprint density at radius 3 is 2.08 bits per heavy atom. The van der Waals surface area contributed by atoms with Gasteiger partial charge < -0.3 is 9.84 Å². The molecule has 0 aliphatic carbocycles. The first-order valence-corrected chi connectivity index (χ1v) is 7.70. The first-order valence-electron chi connectivity index (χ1n) is 6.90. The van der Waals surface area contributed by atoms with Crippen molar-refractivity contribution in [3.63, 3.8) is 0 Å². The van der Waals surface area contributed by atoms with E-state index in [2.05, 4.69) is 15.9 Å². The quantitative estimate of drug-likeness (QED) is 0.346. The summed E-state index contributed by atoms with van der Waals surface area (Å²) < 4.78 is 6.17. The molecule has 0 bridgehead atoms. The van der Waals surface area contributed by atoms with Gasteiger partial charge in [-0.25, -0.2) is 0 Å². The molecule has 1 aliphatic rings. The number of aromatic hydroxyl groups is 1. The van der Waals surface area contributed by atoms with Crippen LogP contribution >= 0.6 is 15.9 Å². The van der Waals surface area contributed by atoms with Gasteiger partial charge in [0.15, 0.2) is 11.9 Å². The Balaban J connectivity index is 1.92. The number of phenolic OH excluding ortho intramolecular Hbond substituents is 1. The number of ether oxygens (including phenoxy) is 1. The summed E-state index contributed by atoms with van der Waals surface area (Å²) in [6, 6.07) is 8.67. The van der Waals surface area contributed by atoms with Gasteiger partial charge in [0.25, 0.3) is 5.75 Å². The number of carbonyl (C=O) groups excluding carboxylic acids is 1. The molecule has 2 aromatic rings. The highest BCUT2D eigenvalue weighted by atomic mass is 79.9. The number of nitro benzene ring substituents is 2. The molecule has 1 heterocycles. The number of hydrogen-bond acceptors (Lipinski definition) is 7. The second-order valence-corrected chi connectivity index (χ2v) is 6.19. The van der Waals surface area contributed by atoms with E-state index in [1.165, 1.54) is 0 Å². The predicted molar refractivity (Wildman–Crippen MR) is 87.5 cm³/mol. The fourth-order valence-corrected chi connectivity index (χ4v) is 2.67. The SMILES string of the molecule is O=C(c1cc([N+](=O)[O-])c(O)c([N+](=O)[O-])c1)C1OC1c1ccc(Br)cc1. The van der Waals surface area contributed by atoms with Gasteiger partial charge in [0.05, 0.1) is 9.85 Å². The maximum absolute atomic E-state index is 12.5. The fourth-order valence-electron chi connectivity index (χ4n) is 2.41. The van der Waals surface area contributed by atoms with Crippen LogP contribution in [0.4, 0.5) is 11.4 Å². The minimum atomic E-state index is -1.09. The molecule has 25 heavy (non-hydrogen) atoms. The minimum Gasteiger partial charge on any atom is -0.497 e. The lowest BCUT2D eigenvalue weighted by molar-refractivity contribution is -0.396. The summed E-state index contributed by atoms with van der Waals surface area (Å²) in [5.74, 6) is -1.72. The summed E-state index contributed by atoms with van der Waals surface area (Å²) in [4.78, 5) is 32.4. The molecule has 1 N–H and O–H groups in total. The molecule has 2 atom stereocenters. The number of nitro groups is 2. The maximum Gasteiger partial charge on any atom is 0.318 e. The van der Waals surface area contributed by atoms with Crippen LogP contribution in [0.2, 0.25) is 0 Å². The van der Waals surface area contributed by atoms with Gasteiger partial charge in [-0.1, -0.05) is 28.1 Å². The molecule has 128 valence electrons. The summed E-state index contributed by atoms with van der Waals surface area (Å²) in [7, 11) is 0. The monoisotopic (exact) mass is 408 g/mol. The van der Waals surface area contributed by atoms with E-state index in [0.717, 1.165) is 22.2 Å². The first-order chi connectivity index (χ1) is 11.8. The van der Waals surface area contributed by atoms with Gasteiger partial charge in [-0.2, -0.15) is 0 Å². The highest BCUT2D eigenvalue weighted by molar-refractivity contribution is 9.10. The number of rotatable bonds is 5. The molecule has 0 radical (unpaired) electrons. The second kappa shape index (κ2) is 6.22. The zero-order valence-corrected chi connectivity index (χ0v) is 13.9. The van der Waals surface area contributed by atoms with Crippen molar-refractivity contribution in [2.45, 2.75) is 12.2 Å². The Morgan fingerprint density at radius 2 is 1.60 bits per heavy atom. The van der Waals surface area contributed by atoms with E-state index in [0.29, 0.717) is 0 Å². The Morgan fingerprint density at radius 1 is 1.08 bits per heavy atom. The van der Waals surface area contributed by atoms with E-state index in [-0.39, 0.29) is 5.56 Å². The molecule has 1 saturated heterocycles. The number of hydrogen-bond donors (Lipinski definition) is 1. The average Bonchev–Trinajstić information content (AvgIpc) is 3.35. The smallest absolute Gasteiger partial charge is 0.318 e. The third-order valence-corrected chi connectivity index (χ3v) is 4.22. The zero-order chi connectivity index (χ0) is 18.3. The van der Waals surface area contributed by atoms with Crippen LogP contribution in [-0.2, 0) is 4.74 Å². The van der Waals surface area contributed by atoms with Gasteiger partial charge in [0, 0.05) is 22.2 Å². The number of epoxide rings is 1. The van der Waals surface area contributed by atoms with Gasteiger partial charge in [-0.05, 0) is 17.7 Å². The van der Waals surface area contributed by atoms with Gasteiger partial charge >= 0.3 is 11.4 Å². The summed E-state index contributed by atoms with van der Waals surface area (Å²) in [6.45, 7) is 0. The van der Waals surface area contributed by atoms with Crippen LogP contribution in [0.15, 0.2) is 40.9 Å². The topological polar surface area (TPSA) is 136 Å². The molecular weight excluding hydrogens is 400 g/mol. The summed E-state index contributed by atoms with van der Waals surface area (Å²) >= 11 is 3.29. The highest BCUT2D eigenvalue weighted by Gasteiger charge is 2.47. The fraction of sp³-hybridized carbons (Fsp3) is 0.133. The molecule has 0 aromatic heterocycles. The van der Waals surface area contributed by atoms with Crippen molar-refractivity contribution in [1.29, 1.82) is 0 Å². The lowest BCUT2D eigenvalue weighted by atomic mass is 10.0. The summed E-state index contributed by atoms with van der Waals surface area (Å²) in [5.41, 5.74) is -1.33. The van der Waals surface area contributed by atoms with E-state index in [1.54, 1.807) is 24.3 Å². The van der Waals surface area contributed by atoms with Crippen molar-refractivity contribution in [1.82, 2.24) is 0 Å². The van der Waals surface area contributed by atoms with Crippen molar-refractivity contribution < 1.29 is 24.5 Å². The van der Waals surface area contributed by atoms with Crippen LogP contribution in [0.3, 0.4) is 0 Å². The Labute approximate surface area is 148 Å². The second-order valence-electron chi connectivity index (χ2n) is 5.27. The van der Waals surface area contributed by atoms with Crippen LogP contribution < -0.4 is 0 Å². The molecule has 9 nitrogen and oxygen atoms in total. The van der Waals surface area contributed by atoms with Crippen LogP contribution in [0, 0.1) is 20.2 Å². The predicted octanol–water partition coefficient (Wildman–Crippen LogP) is 3.29. The third-order valence-electron chi connectivity index (χ3n) is 3.70. The minimum absolute atomic E-state index is 0.263. The number of phenols is 1. The van der Waals surface area contributed by atoms with E-state index < -0.39 is 45.0 Å². The van der Waals surface area contributed by atoms with Gasteiger partial charge in [-0.15, -0.1) is 0 Å². The molecule has 0 spiro atoms. The summed E-state index contributed by atoms with van der Waals surface area (Å²) in [6.07, 6.45) is -1.41. The Bertz CT molecular complexity index is 862. The van der Waals surface area contributed by atoms with Crippen LogP contribution in [0.1, 0.15) is 22.0 Å². The van der Waals surface area contributed by atoms with Crippen LogP contribution in [0.5, 0.6) is 5.75 Å². The molecule has 0 amide bonds. The van der Waals surface area contributed by atoms with Gasteiger partial charge in [-0.3, -0.25) is 25.0 Å². The lowest BCUT2D eigenvalue weighted by Crippen LogP contribution is -2.09. The number of ketones is 1. The molecular formula is C15H9BrN2O7. The maximum atomic E-state index is 12.5. The van der Waals surface area contributed by atoms with E-state index >= 15 is 0 Å². The highest BCUT2D eigenvalue weighted by Crippen LogP contribution is 2.43. The van der Waals surface area contributed by atoms with Crippen LogP contribution in [-0.4, -0.2) is 26.8 Å². The van der Waals surface area contributed by atoms with Crippen molar-refractivity contribution in [2.24, 2.45) is 0 Å². The normalized spacial score (nSPS) is 18.6. The first kappa shape index (κ1) is 17.0. The van der Waals surface area contributed by atoms with Crippen LogP contribution in [0.25, 0.3) is 0 Å². The number of Topliss-reactive ketones (excluding diaryl/α,β-unsaturated/α-hetero) is 1. The number of halogens is 1. The molecule has 2 unspecified atom stereocenters. The molecule has 2 aromatic carbocycles. The van der Waals surface area contributed by atoms with E-state index in [9.17, 15) is 30.1 Å². The van der Waals surface area contributed by atoms with Crippen molar-refractivity contribution in [2.75, 3.05) is 0 Å². The van der Waals surface area contributed by atoms with Gasteiger partial charge in [0.2, 0.25) is 0 Å². The third kappa shape index (κ3) is 3.21. The largest absolute Gasteiger partial charge is 0.497 e. The van der Waals surface area contributed by atoms with Crippen molar-refractivity contribution in [3.8, 4) is 5.75 Å². The Kier molecular flexibility index (Phi) is 4.23. The molecule has 0 saturated carbocycles. The lowest BCUT2D eigenvalue weighted by Gasteiger charge is -2.02. The molecule has 3 rings (SSSR count). The number of carbonyl (C=O) groups is 1. The van der Waals surface area contributed by atoms with E-state index in [4.69, 9.17) is 4.74 Å². The summed E-state index contributed by atoms with van der Waals surface area (Å²) in [5, 5.41) is 31.5. The van der Waals surface area contributed by atoms with Gasteiger partial charge in [0.1, 0.15) is 6.10 Å². The van der Waals surface area contributed by atoms with E-state index in [1.807, 2.05) is 0 Å². The molecule has 1 fully saturated rings. The van der Waals surface area contributed by atoms with Crippen molar-refractivity contribution >= 4 is 33.1 Å². The zero-order valence-electron chi connectivity index (χ0n) is 12.3. The molecule has 1 aliphatic heterocycles. The van der Waals surface area contributed by atoms with Crippen molar-refractivity contribution in [3.05, 3.63) is 72.2 Å². The molecule has 10 heteroatoms. The number of benzene rings is 2. The average molecular weight is 409 g/mol.